The van der Waals surface area contributed by atoms with Gasteiger partial charge < -0.3 is 5.32 Å². The fraction of sp³-hybridized carbons (Fsp3) is 0.636. The van der Waals surface area contributed by atoms with Crippen molar-refractivity contribution in [2.75, 3.05) is 18.6 Å². The molecule has 0 aliphatic heterocycles. The molecule has 1 aromatic rings. The summed E-state index contributed by atoms with van der Waals surface area (Å²) in [6.45, 7) is 6.55. The average Bonchev–Trinajstić information content (AvgIpc) is 2.46. The first kappa shape index (κ1) is 12.1. The summed E-state index contributed by atoms with van der Waals surface area (Å²) in [5.74, 6) is 1.26. The molecule has 0 aromatic carbocycles. The van der Waals surface area contributed by atoms with Gasteiger partial charge in [-0.25, -0.2) is 0 Å². The molecule has 0 radical (unpaired) electrons. The highest BCUT2D eigenvalue weighted by Crippen LogP contribution is 2.20. The molecule has 80 valence electrons. The number of thioether (sulfide) groups is 1. The maximum Gasteiger partial charge on any atom is 0.0299 e. The molecule has 1 nitrogen and oxygen atoms in total. The minimum atomic E-state index is 1.04. The van der Waals surface area contributed by atoms with Crippen LogP contribution in [-0.2, 0) is 6.54 Å². The molecule has 0 unspecified atom stereocenters. The van der Waals surface area contributed by atoms with E-state index < -0.39 is 0 Å². The third-order valence-electron chi connectivity index (χ3n) is 2.22. The van der Waals surface area contributed by atoms with Gasteiger partial charge in [0.05, 0.1) is 0 Å². The summed E-state index contributed by atoms with van der Waals surface area (Å²) in [5, 5.41) is 3.47. The lowest BCUT2D eigenvalue weighted by atomic mass is 10.3. The van der Waals surface area contributed by atoms with Gasteiger partial charge in [0.2, 0.25) is 0 Å². The molecule has 0 amide bonds. The predicted octanol–water partition coefficient (Wildman–Crippen LogP) is 3.21. The molecule has 0 spiro atoms. The molecule has 0 saturated heterocycles. The van der Waals surface area contributed by atoms with Gasteiger partial charge in [-0.1, -0.05) is 0 Å². The molecular weight excluding hydrogens is 210 g/mol. The van der Waals surface area contributed by atoms with E-state index in [-0.39, 0.29) is 0 Å². The van der Waals surface area contributed by atoms with Crippen LogP contribution in [-0.4, -0.2) is 18.6 Å². The Balaban J connectivity index is 2.18. The minimum Gasteiger partial charge on any atom is -0.312 e. The molecule has 3 heteroatoms. The van der Waals surface area contributed by atoms with Crippen LogP contribution in [0.3, 0.4) is 0 Å². The summed E-state index contributed by atoms with van der Waals surface area (Å²) in [6.07, 6.45) is 3.43. The van der Waals surface area contributed by atoms with E-state index in [0.717, 1.165) is 13.1 Å². The summed E-state index contributed by atoms with van der Waals surface area (Å²) in [7, 11) is 0. The first-order valence-corrected chi connectivity index (χ1v) is 7.20. The summed E-state index contributed by atoms with van der Waals surface area (Å²) in [6, 6.07) is 2.29. The number of hydrogen-bond acceptors (Lipinski definition) is 3. The van der Waals surface area contributed by atoms with Crippen LogP contribution in [0.2, 0.25) is 0 Å². The molecule has 0 saturated carbocycles. The highest BCUT2D eigenvalue weighted by molar-refractivity contribution is 7.98. The van der Waals surface area contributed by atoms with Crippen molar-refractivity contribution in [1.82, 2.24) is 5.32 Å². The van der Waals surface area contributed by atoms with Crippen molar-refractivity contribution >= 4 is 23.1 Å². The SMILES string of the molecule is CSCCCNCc1cc(C)c(C)s1. The molecule has 0 fully saturated rings. The van der Waals surface area contributed by atoms with Crippen molar-refractivity contribution in [1.29, 1.82) is 0 Å². The molecule has 1 aromatic heterocycles. The maximum absolute atomic E-state index is 3.47. The van der Waals surface area contributed by atoms with Gasteiger partial charge in [-0.3, -0.25) is 0 Å². The molecule has 1 rings (SSSR count). The van der Waals surface area contributed by atoms with Crippen molar-refractivity contribution in [3.8, 4) is 0 Å². The number of aryl methyl sites for hydroxylation is 2. The Morgan fingerprint density at radius 3 is 2.79 bits per heavy atom. The zero-order chi connectivity index (χ0) is 10.4. The van der Waals surface area contributed by atoms with Gasteiger partial charge in [-0.2, -0.15) is 11.8 Å². The van der Waals surface area contributed by atoms with Crippen LogP contribution in [0.1, 0.15) is 21.7 Å². The second-order valence-electron chi connectivity index (χ2n) is 3.48. The fourth-order valence-electron chi connectivity index (χ4n) is 1.29. The largest absolute Gasteiger partial charge is 0.312 e. The van der Waals surface area contributed by atoms with Gasteiger partial charge in [0.25, 0.3) is 0 Å². The van der Waals surface area contributed by atoms with E-state index in [0.29, 0.717) is 0 Å². The van der Waals surface area contributed by atoms with Crippen molar-refractivity contribution in [2.45, 2.75) is 26.8 Å². The average molecular weight is 229 g/mol. The topological polar surface area (TPSA) is 12.0 Å². The van der Waals surface area contributed by atoms with Crippen molar-refractivity contribution < 1.29 is 0 Å². The van der Waals surface area contributed by atoms with Crippen LogP contribution < -0.4 is 5.32 Å². The van der Waals surface area contributed by atoms with Gasteiger partial charge in [-0.15, -0.1) is 11.3 Å². The Morgan fingerprint density at radius 1 is 1.43 bits per heavy atom. The molecule has 0 aliphatic carbocycles. The van der Waals surface area contributed by atoms with Gasteiger partial charge in [0.15, 0.2) is 0 Å². The zero-order valence-electron chi connectivity index (χ0n) is 9.22. The van der Waals surface area contributed by atoms with Gasteiger partial charge in [0, 0.05) is 16.3 Å². The zero-order valence-corrected chi connectivity index (χ0v) is 10.9. The first-order chi connectivity index (χ1) is 6.74. The van der Waals surface area contributed by atoms with E-state index in [2.05, 4.69) is 31.5 Å². The molecule has 1 heterocycles. The van der Waals surface area contributed by atoms with E-state index in [4.69, 9.17) is 0 Å². The lowest BCUT2D eigenvalue weighted by molar-refractivity contribution is 0.685. The maximum atomic E-state index is 3.47. The Morgan fingerprint density at radius 2 is 2.21 bits per heavy atom. The molecule has 14 heavy (non-hydrogen) atoms. The van der Waals surface area contributed by atoms with Gasteiger partial charge in [0.1, 0.15) is 0 Å². The summed E-state index contributed by atoms with van der Waals surface area (Å²) < 4.78 is 0. The predicted molar refractivity (Wildman–Crippen MR) is 68.5 cm³/mol. The fourth-order valence-corrected chi connectivity index (χ4v) is 2.75. The quantitative estimate of drug-likeness (QED) is 0.752. The van der Waals surface area contributed by atoms with E-state index >= 15 is 0 Å². The number of nitrogens with one attached hydrogen (secondary N) is 1. The standard InChI is InChI=1S/C11H19NS2/c1-9-7-11(14-10(9)2)8-12-5-4-6-13-3/h7,12H,4-6,8H2,1-3H3. The lowest BCUT2D eigenvalue weighted by Gasteiger charge is -2.01. The Bertz CT molecular complexity index is 249. The van der Waals surface area contributed by atoms with Crippen LogP contribution in [0.5, 0.6) is 0 Å². The van der Waals surface area contributed by atoms with Gasteiger partial charge >= 0.3 is 0 Å². The number of hydrogen-bond donors (Lipinski definition) is 1. The second-order valence-corrected chi connectivity index (χ2v) is 5.80. The van der Waals surface area contributed by atoms with Crippen molar-refractivity contribution in [3.05, 3.63) is 21.4 Å². The van der Waals surface area contributed by atoms with E-state index in [9.17, 15) is 0 Å². The van der Waals surface area contributed by atoms with Crippen LogP contribution in [0, 0.1) is 13.8 Å². The molecule has 0 aliphatic rings. The summed E-state index contributed by atoms with van der Waals surface area (Å²) in [5.41, 5.74) is 1.43. The van der Waals surface area contributed by atoms with E-state index in [1.165, 1.54) is 27.5 Å². The van der Waals surface area contributed by atoms with Crippen LogP contribution in [0.25, 0.3) is 0 Å². The highest BCUT2D eigenvalue weighted by atomic mass is 32.2. The van der Waals surface area contributed by atoms with Crippen LogP contribution in [0.4, 0.5) is 0 Å². The third kappa shape index (κ3) is 4.03. The van der Waals surface area contributed by atoms with Crippen LogP contribution >= 0.6 is 23.1 Å². The second kappa shape index (κ2) is 6.49. The Hall–Kier alpha value is 0.01000. The van der Waals surface area contributed by atoms with E-state index in [1.54, 1.807) is 0 Å². The third-order valence-corrected chi connectivity index (χ3v) is 4.07. The molecule has 0 atom stereocenters. The molecule has 1 N–H and O–H groups in total. The summed E-state index contributed by atoms with van der Waals surface area (Å²) in [4.78, 5) is 2.91. The molecular formula is C11H19NS2. The Labute approximate surface area is 95.3 Å². The summed E-state index contributed by atoms with van der Waals surface area (Å²) >= 11 is 3.83. The van der Waals surface area contributed by atoms with Crippen molar-refractivity contribution in [2.24, 2.45) is 0 Å². The number of rotatable bonds is 6. The normalized spacial score (nSPS) is 10.8. The molecule has 0 bridgehead atoms. The first-order valence-electron chi connectivity index (χ1n) is 4.99. The van der Waals surface area contributed by atoms with Gasteiger partial charge in [-0.05, 0) is 50.5 Å². The lowest BCUT2D eigenvalue weighted by Crippen LogP contribution is -2.14. The van der Waals surface area contributed by atoms with Crippen LogP contribution in [0.15, 0.2) is 6.07 Å². The van der Waals surface area contributed by atoms with E-state index in [1.807, 2.05) is 23.1 Å². The van der Waals surface area contributed by atoms with Crippen molar-refractivity contribution in [3.63, 3.8) is 0 Å². The minimum absolute atomic E-state index is 1.04. The highest BCUT2D eigenvalue weighted by Gasteiger charge is 2.00. The number of thiophene rings is 1. The Kier molecular flexibility index (Phi) is 5.60. The monoisotopic (exact) mass is 229 g/mol. The smallest absolute Gasteiger partial charge is 0.0299 e.